The zero-order valence-corrected chi connectivity index (χ0v) is 52.1. The summed E-state index contributed by atoms with van der Waals surface area (Å²) >= 11 is 3.31. The maximum absolute atomic E-state index is 15.3. The third-order valence-electron chi connectivity index (χ3n) is 17.5. The normalized spacial score (nSPS) is 25.7. The summed E-state index contributed by atoms with van der Waals surface area (Å²) in [5.41, 5.74) is 4.92. The molecular formula is C66H78F2N10O10S2. The number of rotatable bonds is 6. The number of carbonyl (C=O) groups is 8. The minimum Gasteiger partial charge on any atom is -0.508 e. The Morgan fingerprint density at radius 3 is 1.70 bits per heavy atom. The predicted molar refractivity (Wildman–Crippen MR) is 340 cm³/mol. The Hall–Kier alpha value is -7.80. The molecule has 4 aliphatic heterocycles. The molecule has 24 heteroatoms. The number of phenols is 1. The van der Waals surface area contributed by atoms with Gasteiger partial charge in [-0.15, -0.1) is 0 Å². The molecule has 0 aliphatic carbocycles. The van der Waals surface area contributed by atoms with Gasteiger partial charge in [0.05, 0.1) is 18.1 Å². The van der Waals surface area contributed by atoms with Gasteiger partial charge < -0.3 is 56.1 Å². The second-order valence-corrected chi connectivity index (χ2v) is 26.2. The van der Waals surface area contributed by atoms with E-state index < -0.39 is 102 Å². The van der Waals surface area contributed by atoms with E-state index in [0.717, 1.165) is 16.9 Å². The molecule has 6 heterocycles. The molecule has 9 atom stereocenters. The van der Waals surface area contributed by atoms with Crippen molar-refractivity contribution < 1.29 is 57.4 Å². The number of aliphatic hydroxyl groups is 1. The highest BCUT2D eigenvalue weighted by atomic mass is 32.2. The largest absolute Gasteiger partial charge is 0.508 e. The van der Waals surface area contributed by atoms with Crippen LogP contribution in [-0.2, 0) is 69.1 Å². The number of aromatic amines is 2. The van der Waals surface area contributed by atoms with Crippen LogP contribution in [0.5, 0.6) is 5.75 Å². The standard InChI is InChI=1S/C66H78F2N10O10S2/c1-38-60(82)73-52(30-43-34-69-50-20-16-45(67)32-48(43)50)62(84)75-54(31-44-35-70-51-21-17-46(68)33-49(44)51)66(88)78-25-6-12-57(78)64(86)72-39(2)61(83)74-53(29-40-14-18-47(79)19-15-40)65(87)77-24-4-10-55(77)58(80)13-7-26-89-36-41-8-3-9-42(28-41)37-90-27-22-59(81)76-23-5-11-56(76)63(85)71-38/h3,8-9,14-21,28,32-35,38-39,52-57,62,69-70,75,79,84H,4-7,10-13,22-27,29-31,36-37H2,1-2H3,(H,71,85)(H,72,86)(H,73,82)(H,74,83)/t38-,39+,52+,53+,54+,55+,56-,57+,62?/m1/s1. The first-order valence-corrected chi connectivity index (χ1v) is 33.3. The van der Waals surface area contributed by atoms with Crippen molar-refractivity contribution in [3.63, 3.8) is 0 Å². The number of carbonyl (C=O) groups excluding carboxylic acids is 8. The monoisotopic (exact) mass is 1270 g/mol. The van der Waals surface area contributed by atoms with Crippen molar-refractivity contribution in [2.24, 2.45) is 0 Å². The van der Waals surface area contributed by atoms with Gasteiger partial charge in [0.15, 0.2) is 5.78 Å². The molecule has 10 rings (SSSR count). The summed E-state index contributed by atoms with van der Waals surface area (Å²) in [6.07, 6.45) is 4.78. The minimum atomic E-state index is -1.76. The average Bonchev–Trinajstić information content (AvgIpc) is 2.23. The van der Waals surface area contributed by atoms with E-state index >= 15 is 4.79 Å². The first kappa shape index (κ1) is 65.2. The van der Waals surface area contributed by atoms with Gasteiger partial charge in [0.25, 0.3) is 0 Å². The number of hydrogen-bond acceptors (Lipinski definition) is 13. The lowest BCUT2D eigenvalue weighted by Gasteiger charge is -2.33. The molecule has 7 amide bonds. The molecule has 1 unspecified atom stereocenters. The van der Waals surface area contributed by atoms with Crippen LogP contribution < -0.4 is 26.6 Å². The van der Waals surface area contributed by atoms with Crippen molar-refractivity contribution >= 4 is 92.5 Å². The molecule has 2 aromatic heterocycles. The van der Waals surface area contributed by atoms with Gasteiger partial charge in [0.2, 0.25) is 41.4 Å². The van der Waals surface area contributed by atoms with Gasteiger partial charge >= 0.3 is 0 Å². The lowest BCUT2D eigenvalue weighted by molar-refractivity contribution is -0.142. The number of thioether (sulfide) groups is 2. The molecule has 90 heavy (non-hydrogen) atoms. The Bertz CT molecular complexity index is 3610. The van der Waals surface area contributed by atoms with Crippen LogP contribution in [0.1, 0.15) is 99.5 Å². The Balaban J connectivity index is 0.927. The zero-order chi connectivity index (χ0) is 63.6. The fourth-order valence-corrected chi connectivity index (χ4v) is 14.5. The van der Waals surface area contributed by atoms with Crippen LogP contribution in [0.2, 0.25) is 0 Å². The molecule has 3 saturated heterocycles. The van der Waals surface area contributed by atoms with Crippen molar-refractivity contribution in [2.45, 2.75) is 157 Å². The van der Waals surface area contributed by atoms with Gasteiger partial charge in [-0.05, 0) is 154 Å². The average molecular weight is 1270 g/mol. The number of phenolic OH excluding ortho intramolecular Hbond substituents is 1. The van der Waals surface area contributed by atoms with E-state index in [-0.39, 0.29) is 62.5 Å². The van der Waals surface area contributed by atoms with E-state index in [4.69, 9.17) is 0 Å². The molecule has 2 bridgehead atoms. The zero-order valence-electron chi connectivity index (χ0n) is 50.4. The number of ketones is 1. The van der Waals surface area contributed by atoms with Crippen molar-refractivity contribution in [3.05, 3.63) is 137 Å². The second kappa shape index (κ2) is 29.9. The van der Waals surface area contributed by atoms with Gasteiger partial charge in [-0.1, -0.05) is 36.4 Å². The van der Waals surface area contributed by atoms with Crippen molar-refractivity contribution in [3.8, 4) is 5.75 Å². The third-order valence-corrected chi connectivity index (χ3v) is 19.7. The van der Waals surface area contributed by atoms with Crippen LogP contribution in [-0.4, -0.2) is 168 Å². The summed E-state index contributed by atoms with van der Waals surface area (Å²) in [5, 5.41) is 37.8. The van der Waals surface area contributed by atoms with Crippen LogP contribution in [0.15, 0.2) is 97.3 Å². The quantitative estimate of drug-likeness (QED) is 0.0954. The number of halogens is 2. The predicted octanol–water partition coefficient (Wildman–Crippen LogP) is 5.81. The number of nitrogens with one attached hydrogen (secondary N) is 7. The third kappa shape index (κ3) is 16.0. The fraction of sp³-hybridized carbons (Fsp3) is 0.455. The molecular weight excluding hydrogens is 1190 g/mol. The number of aromatic nitrogens is 2. The molecule has 6 aromatic rings. The van der Waals surface area contributed by atoms with Crippen LogP contribution in [0.25, 0.3) is 21.8 Å². The molecule has 4 aromatic carbocycles. The summed E-state index contributed by atoms with van der Waals surface area (Å²) < 4.78 is 29.7. The first-order chi connectivity index (χ1) is 43.4. The highest BCUT2D eigenvalue weighted by Crippen LogP contribution is 2.29. The van der Waals surface area contributed by atoms with Gasteiger partial charge in [-0.2, -0.15) is 23.5 Å². The Morgan fingerprint density at radius 1 is 0.544 bits per heavy atom. The van der Waals surface area contributed by atoms with Crippen molar-refractivity contribution in [1.29, 1.82) is 0 Å². The summed E-state index contributed by atoms with van der Waals surface area (Å²) in [7, 11) is 0. The van der Waals surface area contributed by atoms with Crippen LogP contribution in [0.4, 0.5) is 8.78 Å². The van der Waals surface area contributed by atoms with Crippen LogP contribution >= 0.6 is 23.5 Å². The van der Waals surface area contributed by atoms with Crippen LogP contribution in [0.3, 0.4) is 0 Å². The number of benzene rings is 4. The number of nitrogens with zero attached hydrogens (tertiary/aromatic N) is 3. The smallest absolute Gasteiger partial charge is 0.246 e. The summed E-state index contributed by atoms with van der Waals surface area (Å²) in [6.45, 7) is 3.68. The Kier molecular flexibility index (Phi) is 21.6. The molecule has 4 aliphatic rings. The van der Waals surface area contributed by atoms with Crippen molar-refractivity contribution in [1.82, 2.24) is 51.3 Å². The highest BCUT2D eigenvalue weighted by molar-refractivity contribution is 7.98. The lowest BCUT2D eigenvalue weighted by atomic mass is 10.00. The number of hydrogen-bond donors (Lipinski definition) is 9. The highest BCUT2D eigenvalue weighted by Gasteiger charge is 2.42. The van der Waals surface area contributed by atoms with Crippen LogP contribution in [0, 0.1) is 11.6 Å². The SMILES string of the molecule is C[C@@H]1NC(=O)[C@@H]2CCCN2C(=O)[C@H](Cc2c[nH]c3ccc(F)cc23)NC(O)[C@H](Cc2c[nH]c3ccc(F)cc23)NC(=O)[C@@H](C)NC(=O)[C@H]2CCCN2C(=O)CCSCc2cccc(c2)CSCCCC(=O)[C@@H]2CCCN2C(=O)[C@H](Cc2ccc(O)cc2)NC1=O. The van der Waals surface area contributed by atoms with E-state index in [1.54, 1.807) is 65.1 Å². The molecule has 0 radical (unpaired) electrons. The maximum atomic E-state index is 15.3. The topological polar surface area (TPSA) is 278 Å². The Labute approximate surface area is 529 Å². The van der Waals surface area contributed by atoms with Gasteiger partial charge in [0.1, 0.15) is 53.8 Å². The number of fused-ring (bicyclic) bond motifs is 7. The van der Waals surface area contributed by atoms with E-state index in [9.17, 15) is 52.6 Å². The van der Waals surface area contributed by atoms with E-state index in [1.807, 2.05) is 12.1 Å². The molecule has 0 spiro atoms. The summed E-state index contributed by atoms with van der Waals surface area (Å²) in [5.74, 6) is -2.47. The Morgan fingerprint density at radius 2 is 1.08 bits per heavy atom. The lowest BCUT2D eigenvalue weighted by Crippen LogP contribution is -2.61. The van der Waals surface area contributed by atoms with Gasteiger partial charge in [-0.3, -0.25) is 43.7 Å². The summed E-state index contributed by atoms with van der Waals surface area (Å²) in [6, 6.07) is 13.8. The van der Waals surface area contributed by atoms with E-state index in [2.05, 4.69) is 48.7 Å². The number of amides is 7. The summed E-state index contributed by atoms with van der Waals surface area (Å²) in [4.78, 5) is 125. The number of aliphatic hydroxyl groups excluding tert-OH is 1. The number of H-pyrrole nitrogens is 2. The van der Waals surface area contributed by atoms with Crippen molar-refractivity contribution in [2.75, 3.05) is 31.1 Å². The molecule has 9 N–H and O–H groups in total. The first-order valence-electron chi connectivity index (χ1n) is 31.0. The second-order valence-electron chi connectivity index (χ2n) is 24.0. The van der Waals surface area contributed by atoms with E-state index in [1.165, 1.54) is 60.0 Å². The maximum Gasteiger partial charge on any atom is 0.246 e. The number of aromatic hydroxyl groups is 1. The molecule has 478 valence electrons. The molecule has 3 fully saturated rings. The minimum absolute atomic E-state index is 0.00598. The van der Waals surface area contributed by atoms with Gasteiger partial charge in [0, 0.05) is 90.4 Å². The molecule has 20 nitrogen and oxygen atoms in total. The molecule has 0 saturated carbocycles. The number of Topliss-reactive ketones (excluding diaryl/α,β-unsaturated/α-hetero) is 1. The van der Waals surface area contributed by atoms with Gasteiger partial charge in [-0.25, -0.2) is 8.78 Å². The van der Waals surface area contributed by atoms with E-state index in [0.29, 0.717) is 107 Å². The fourth-order valence-electron chi connectivity index (χ4n) is 12.7.